The van der Waals surface area contributed by atoms with Crippen molar-refractivity contribution in [3.8, 4) is 0 Å². The number of rotatable bonds is 11. The summed E-state index contributed by atoms with van der Waals surface area (Å²) in [5, 5.41) is 0. The molecule has 0 aliphatic rings. The zero-order valence-corrected chi connectivity index (χ0v) is 14.1. The van der Waals surface area contributed by atoms with Gasteiger partial charge in [-0.25, -0.2) is 0 Å². The molecule has 0 aliphatic heterocycles. The maximum atomic E-state index is 12.2. The Kier molecular flexibility index (Phi) is 10.0. The number of esters is 2. The average Bonchev–Trinajstić information content (AvgIpc) is 2.43. The molecule has 0 heterocycles. The van der Waals surface area contributed by atoms with Gasteiger partial charge in [-0.3, -0.25) is 9.59 Å². The largest absolute Gasteiger partial charge is 0.465 e. The molecule has 0 atom stereocenters. The molecule has 0 bridgehead atoms. The first kappa shape index (κ1) is 19.9. The van der Waals surface area contributed by atoms with Gasteiger partial charge < -0.3 is 14.2 Å². The normalized spacial score (nSPS) is 11.5. The van der Waals surface area contributed by atoms with E-state index in [1.165, 1.54) is 0 Å². The Balaban J connectivity index is 4.70. The maximum Gasteiger partial charge on any atom is 0.323 e. The fourth-order valence-electron chi connectivity index (χ4n) is 1.96. The Bertz CT molecular complexity index is 294. The molecular formula is C16H30O5. The molecule has 124 valence electrons. The van der Waals surface area contributed by atoms with Crippen LogP contribution in [0.3, 0.4) is 0 Å². The highest BCUT2D eigenvalue weighted by Crippen LogP contribution is 2.30. The Labute approximate surface area is 128 Å². The highest BCUT2D eigenvalue weighted by molar-refractivity contribution is 6.00. The molecule has 0 N–H and O–H groups in total. The summed E-state index contributed by atoms with van der Waals surface area (Å²) in [4.78, 5) is 24.4. The number of ether oxygens (including phenoxy) is 3. The molecule has 0 fully saturated rings. The van der Waals surface area contributed by atoms with E-state index in [4.69, 9.17) is 14.2 Å². The molecule has 21 heavy (non-hydrogen) atoms. The van der Waals surface area contributed by atoms with Crippen LogP contribution in [-0.4, -0.2) is 38.4 Å². The second-order valence-electron chi connectivity index (χ2n) is 5.42. The van der Waals surface area contributed by atoms with Gasteiger partial charge in [-0.1, -0.05) is 20.8 Å². The molecule has 0 aromatic heterocycles. The van der Waals surface area contributed by atoms with E-state index in [2.05, 4.69) is 13.8 Å². The van der Waals surface area contributed by atoms with Crippen molar-refractivity contribution in [2.75, 3.05) is 26.4 Å². The van der Waals surface area contributed by atoms with Crippen LogP contribution in [-0.2, 0) is 23.8 Å². The van der Waals surface area contributed by atoms with Gasteiger partial charge in [0.25, 0.3) is 0 Å². The molecule has 0 aromatic carbocycles. The molecule has 0 aliphatic carbocycles. The Morgan fingerprint density at radius 3 is 1.86 bits per heavy atom. The third-order valence-corrected chi connectivity index (χ3v) is 3.45. The summed E-state index contributed by atoms with van der Waals surface area (Å²) in [6.07, 6.45) is 1.59. The minimum atomic E-state index is -1.25. The summed E-state index contributed by atoms with van der Waals surface area (Å²) >= 11 is 0. The van der Waals surface area contributed by atoms with Crippen molar-refractivity contribution in [1.82, 2.24) is 0 Å². The zero-order chi connectivity index (χ0) is 16.3. The summed E-state index contributed by atoms with van der Waals surface area (Å²) in [6, 6.07) is 0. The molecule has 0 aromatic rings. The first-order valence-corrected chi connectivity index (χ1v) is 7.86. The summed E-state index contributed by atoms with van der Waals surface area (Å²) in [6.45, 7) is 10.9. The van der Waals surface area contributed by atoms with Crippen LogP contribution in [0, 0.1) is 11.3 Å². The van der Waals surface area contributed by atoms with Crippen LogP contribution in [0.5, 0.6) is 0 Å². The minimum absolute atomic E-state index is 0.244. The number of hydrogen-bond donors (Lipinski definition) is 0. The summed E-state index contributed by atoms with van der Waals surface area (Å²) < 4.78 is 15.7. The smallest absolute Gasteiger partial charge is 0.323 e. The van der Waals surface area contributed by atoms with Gasteiger partial charge in [-0.15, -0.1) is 0 Å². The highest BCUT2D eigenvalue weighted by Gasteiger charge is 2.47. The fraction of sp³-hybridized carbons (Fsp3) is 0.875. The lowest BCUT2D eigenvalue weighted by Gasteiger charge is -2.27. The second-order valence-corrected chi connectivity index (χ2v) is 5.42. The summed E-state index contributed by atoms with van der Waals surface area (Å²) in [5.41, 5.74) is -1.25. The lowest BCUT2D eigenvalue weighted by molar-refractivity contribution is -0.174. The lowest BCUT2D eigenvalue weighted by Crippen LogP contribution is -2.42. The Morgan fingerprint density at radius 2 is 1.48 bits per heavy atom. The molecule has 0 rings (SSSR count). The molecule has 0 amide bonds. The predicted molar refractivity (Wildman–Crippen MR) is 80.9 cm³/mol. The third kappa shape index (κ3) is 6.46. The molecule has 0 spiro atoms. The molecule has 5 nitrogen and oxygen atoms in total. The van der Waals surface area contributed by atoms with Crippen LogP contribution in [0.25, 0.3) is 0 Å². The average molecular weight is 302 g/mol. The van der Waals surface area contributed by atoms with Crippen molar-refractivity contribution in [2.24, 2.45) is 11.3 Å². The van der Waals surface area contributed by atoms with E-state index in [0.29, 0.717) is 32.0 Å². The van der Waals surface area contributed by atoms with Crippen molar-refractivity contribution in [3.05, 3.63) is 0 Å². The van der Waals surface area contributed by atoms with E-state index in [9.17, 15) is 9.59 Å². The van der Waals surface area contributed by atoms with Gasteiger partial charge in [0, 0.05) is 13.2 Å². The Morgan fingerprint density at radius 1 is 0.952 bits per heavy atom. The third-order valence-electron chi connectivity index (χ3n) is 3.45. The predicted octanol–water partition coefficient (Wildman–Crippen LogP) is 2.96. The molecule has 5 heteroatoms. The number of carbonyl (C=O) groups is 2. The molecule has 0 saturated heterocycles. The van der Waals surface area contributed by atoms with Gasteiger partial charge in [0.05, 0.1) is 13.2 Å². The van der Waals surface area contributed by atoms with Crippen LogP contribution in [0.4, 0.5) is 0 Å². The van der Waals surface area contributed by atoms with Crippen LogP contribution in [0.15, 0.2) is 0 Å². The van der Waals surface area contributed by atoms with Gasteiger partial charge in [0.2, 0.25) is 0 Å². The summed E-state index contributed by atoms with van der Waals surface area (Å²) in [7, 11) is 0. The minimum Gasteiger partial charge on any atom is -0.465 e. The van der Waals surface area contributed by atoms with Crippen molar-refractivity contribution in [2.45, 2.75) is 53.9 Å². The SMILES string of the molecule is CCOC(=O)C(CC)(CCOCCC(C)C)C(=O)OCC. The zero-order valence-electron chi connectivity index (χ0n) is 14.1. The number of carbonyl (C=O) groups excluding carboxylic acids is 2. The molecule has 0 saturated carbocycles. The maximum absolute atomic E-state index is 12.2. The number of hydrogen-bond acceptors (Lipinski definition) is 5. The summed E-state index contributed by atoms with van der Waals surface area (Å²) in [5.74, 6) is -0.465. The van der Waals surface area contributed by atoms with E-state index in [0.717, 1.165) is 6.42 Å². The van der Waals surface area contributed by atoms with Gasteiger partial charge in [0.15, 0.2) is 5.41 Å². The van der Waals surface area contributed by atoms with E-state index in [1.807, 2.05) is 0 Å². The van der Waals surface area contributed by atoms with Crippen molar-refractivity contribution >= 4 is 11.9 Å². The van der Waals surface area contributed by atoms with Gasteiger partial charge >= 0.3 is 11.9 Å². The lowest BCUT2D eigenvalue weighted by atomic mass is 9.82. The molecular weight excluding hydrogens is 272 g/mol. The quantitative estimate of drug-likeness (QED) is 0.333. The van der Waals surface area contributed by atoms with E-state index in [-0.39, 0.29) is 13.2 Å². The van der Waals surface area contributed by atoms with Gasteiger partial charge in [-0.2, -0.15) is 0 Å². The fourth-order valence-corrected chi connectivity index (χ4v) is 1.96. The molecule has 0 unspecified atom stereocenters. The second kappa shape index (κ2) is 10.6. The van der Waals surface area contributed by atoms with Crippen LogP contribution in [0.1, 0.15) is 53.9 Å². The van der Waals surface area contributed by atoms with Gasteiger partial charge in [0.1, 0.15) is 0 Å². The van der Waals surface area contributed by atoms with Crippen LogP contribution >= 0.6 is 0 Å². The standard InChI is InChI=1S/C16H30O5/c1-6-16(14(17)20-7-2,15(18)21-8-3)10-12-19-11-9-13(4)5/h13H,6-12H2,1-5H3. The monoisotopic (exact) mass is 302 g/mol. The Hall–Kier alpha value is -1.10. The first-order valence-electron chi connectivity index (χ1n) is 7.86. The van der Waals surface area contributed by atoms with Crippen molar-refractivity contribution < 1.29 is 23.8 Å². The van der Waals surface area contributed by atoms with Gasteiger partial charge in [-0.05, 0) is 39.0 Å². The van der Waals surface area contributed by atoms with Crippen LogP contribution < -0.4 is 0 Å². The van der Waals surface area contributed by atoms with Crippen molar-refractivity contribution in [3.63, 3.8) is 0 Å². The van der Waals surface area contributed by atoms with E-state index >= 15 is 0 Å². The highest BCUT2D eigenvalue weighted by atomic mass is 16.6. The molecule has 0 radical (unpaired) electrons. The van der Waals surface area contributed by atoms with Crippen LogP contribution in [0.2, 0.25) is 0 Å². The topological polar surface area (TPSA) is 61.8 Å². The van der Waals surface area contributed by atoms with E-state index < -0.39 is 17.4 Å². The van der Waals surface area contributed by atoms with E-state index in [1.54, 1.807) is 20.8 Å². The first-order chi connectivity index (χ1) is 9.94. The van der Waals surface area contributed by atoms with Crippen molar-refractivity contribution in [1.29, 1.82) is 0 Å².